The highest BCUT2D eigenvalue weighted by atomic mass is 16.3. The van der Waals surface area contributed by atoms with Crippen molar-refractivity contribution in [2.24, 2.45) is 5.92 Å². The summed E-state index contributed by atoms with van der Waals surface area (Å²) in [7, 11) is 2.08. The lowest BCUT2D eigenvalue weighted by Crippen LogP contribution is -2.46. The molecule has 2 aromatic carbocycles. The molecule has 2 N–H and O–H groups in total. The van der Waals surface area contributed by atoms with Gasteiger partial charge in [0.1, 0.15) is 5.75 Å². The number of hydrogen-bond donors (Lipinski definition) is 2. The van der Waals surface area contributed by atoms with Crippen LogP contribution in [0.1, 0.15) is 30.0 Å². The maximum atomic E-state index is 12.7. The molecule has 2 aliphatic rings. The van der Waals surface area contributed by atoms with E-state index in [1.54, 1.807) is 6.07 Å². The molecular formula is C22H26N2O2. The summed E-state index contributed by atoms with van der Waals surface area (Å²) < 4.78 is 0. The highest BCUT2D eigenvalue weighted by Crippen LogP contribution is 2.53. The second-order valence-corrected chi connectivity index (χ2v) is 8.01. The topological polar surface area (TPSA) is 52.6 Å². The van der Waals surface area contributed by atoms with Crippen molar-refractivity contribution in [3.63, 3.8) is 0 Å². The Labute approximate surface area is 154 Å². The quantitative estimate of drug-likeness (QED) is 0.891. The first-order valence-corrected chi connectivity index (χ1v) is 9.31. The van der Waals surface area contributed by atoms with Crippen molar-refractivity contribution in [1.82, 2.24) is 10.2 Å². The van der Waals surface area contributed by atoms with Crippen LogP contribution in [-0.4, -0.2) is 35.5 Å². The molecule has 1 saturated carbocycles. The summed E-state index contributed by atoms with van der Waals surface area (Å²) in [5.74, 6) is 0.558. The van der Waals surface area contributed by atoms with Crippen LogP contribution in [0.25, 0.3) is 0 Å². The van der Waals surface area contributed by atoms with Crippen LogP contribution in [0.2, 0.25) is 0 Å². The smallest absolute Gasteiger partial charge is 0.224 e. The largest absolute Gasteiger partial charge is 0.508 e. The standard InChI is InChI=1S/C22H26N2O2/c1-22(17-6-4-3-5-7-17)12-20(22)21(26)23-13-18-10-15-8-9-19(25)11-16(15)14-24(18)2/h3-9,11,18,20,25H,10,12-14H2,1-2H3,(H,23,26)/t18-,20+,22+/m0/s1. The van der Waals surface area contributed by atoms with Gasteiger partial charge >= 0.3 is 0 Å². The van der Waals surface area contributed by atoms with Crippen LogP contribution in [0.5, 0.6) is 5.75 Å². The van der Waals surface area contributed by atoms with Crippen LogP contribution < -0.4 is 5.32 Å². The fraction of sp³-hybridized carbons (Fsp3) is 0.409. The van der Waals surface area contributed by atoms with E-state index in [9.17, 15) is 9.90 Å². The van der Waals surface area contributed by atoms with E-state index < -0.39 is 0 Å². The summed E-state index contributed by atoms with van der Waals surface area (Å²) in [5.41, 5.74) is 3.67. The molecule has 0 spiro atoms. The molecule has 0 unspecified atom stereocenters. The summed E-state index contributed by atoms with van der Waals surface area (Å²) in [5, 5.41) is 12.8. The zero-order valence-corrected chi connectivity index (χ0v) is 15.4. The number of hydrogen-bond acceptors (Lipinski definition) is 3. The summed E-state index contributed by atoms with van der Waals surface area (Å²) in [4.78, 5) is 14.9. The molecule has 136 valence electrons. The van der Waals surface area contributed by atoms with Gasteiger partial charge in [-0.2, -0.15) is 0 Å². The van der Waals surface area contributed by atoms with E-state index in [4.69, 9.17) is 0 Å². The van der Waals surface area contributed by atoms with Crippen molar-refractivity contribution >= 4 is 5.91 Å². The fourth-order valence-corrected chi connectivity index (χ4v) is 4.22. The Kier molecular flexibility index (Phi) is 4.23. The predicted molar refractivity (Wildman–Crippen MR) is 102 cm³/mol. The number of aromatic hydroxyl groups is 1. The van der Waals surface area contributed by atoms with E-state index in [0.717, 1.165) is 19.4 Å². The first kappa shape index (κ1) is 17.1. The average molecular weight is 350 g/mol. The van der Waals surface area contributed by atoms with Gasteiger partial charge in [-0.05, 0) is 48.7 Å². The third-order valence-corrected chi connectivity index (χ3v) is 6.19. The van der Waals surface area contributed by atoms with Crippen LogP contribution in [-0.2, 0) is 23.2 Å². The normalized spacial score (nSPS) is 27.6. The molecule has 2 aromatic rings. The van der Waals surface area contributed by atoms with Crippen molar-refractivity contribution in [2.75, 3.05) is 13.6 Å². The number of likely N-dealkylation sites (N-methyl/N-ethyl adjacent to an activating group) is 1. The van der Waals surface area contributed by atoms with Crippen LogP contribution >= 0.6 is 0 Å². The first-order chi connectivity index (χ1) is 12.5. The van der Waals surface area contributed by atoms with Crippen LogP contribution in [0, 0.1) is 5.92 Å². The molecule has 0 aromatic heterocycles. The van der Waals surface area contributed by atoms with Gasteiger partial charge in [-0.25, -0.2) is 0 Å². The molecule has 0 saturated heterocycles. The monoisotopic (exact) mass is 350 g/mol. The Morgan fingerprint density at radius 1 is 1.23 bits per heavy atom. The van der Waals surface area contributed by atoms with Gasteiger partial charge in [0.25, 0.3) is 0 Å². The summed E-state index contributed by atoms with van der Waals surface area (Å²) >= 11 is 0. The zero-order valence-electron chi connectivity index (χ0n) is 15.4. The number of carbonyl (C=O) groups excluding carboxylic acids is 1. The number of phenols is 1. The molecule has 4 heteroatoms. The second kappa shape index (κ2) is 6.44. The van der Waals surface area contributed by atoms with Gasteiger partial charge in [0.05, 0.1) is 0 Å². The van der Waals surface area contributed by atoms with Crippen molar-refractivity contribution in [1.29, 1.82) is 0 Å². The fourth-order valence-electron chi connectivity index (χ4n) is 4.22. The van der Waals surface area contributed by atoms with E-state index in [2.05, 4.69) is 36.3 Å². The molecule has 1 aliphatic heterocycles. The van der Waals surface area contributed by atoms with Crippen LogP contribution in [0.3, 0.4) is 0 Å². The van der Waals surface area contributed by atoms with Gasteiger partial charge in [0.2, 0.25) is 5.91 Å². The molecule has 1 heterocycles. The molecule has 4 rings (SSSR count). The average Bonchev–Trinajstić information content (AvgIpc) is 3.34. The van der Waals surface area contributed by atoms with E-state index in [0.29, 0.717) is 12.3 Å². The SMILES string of the molecule is CN1Cc2cc(O)ccc2C[C@H]1CNC(=O)[C@H]1C[C@]1(C)c1ccccc1. The van der Waals surface area contributed by atoms with Crippen molar-refractivity contribution < 1.29 is 9.90 Å². The molecule has 1 fully saturated rings. The van der Waals surface area contributed by atoms with Gasteiger partial charge in [-0.1, -0.05) is 43.3 Å². The van der Waals surface area contributed by atoms with Crippen LogP contribution in [0.15, 0.2) is 48.5 Å². The summed E-state index contributed by atoms with van der Waals surface area (Å²) in [6, 6.07) is 16.2. The van der Waals surface area contributed by atoms with Crippen molar-refractivity contribution in [2.45, 2.75) is 37.8 Å². The first-order valence-electron chi connectivity index (χ1n) is 9.31. The molecule has 26 heavy (non-hydrogen) atoms. The van der Waals surface area contributed by atoms with E-state index >= 15 is 0 Å². The Morgan fingerprint density at radius 3 is 2.77 bits per heavy atom. The van der Waals surface area contributed by atoms with E-state index in [1.807, 2.05) is 30.3 Å². The van der Waals surface area contributed by atoms with Gasteiger partial charge < -0.3 is 10.4 Å². The molecule has 1 aliphatic carbocycles. The summed E-state index contributed by atoms with van der Waals surface area (Å²) in [6.45, 7) is 3.65. The van der Waals surface area contributed by atoms with Gasteiger partial charge in [0, 0.05) is 30.5 Å². The lowest BCUT2D eigenvalue weighted by molar-refractivity contribution is -0.123. The van der Waals surface area contributed by atoms with Crippen molar-refractivity contribution in [3.8, 4) is 5.75 Å². The number of phenolic OH excluding ortho intramolecular Hbond substituents is 1. The minimum Gasteiger partial charge on any atom is -0.508 e. The predicted octanol–water partition coefficient (Wildman–Crippen LogP) is 2.84. The van der Waals surface area contributed by atoms with Crippen molar-refractivity contribution in [3.05, 3.63) is 65.2 Å². The highest BCUT2D eigenvalue weighted by Gasteiger charge is 2.55. The number of nitrogens with one attached hydrogen (secondary N) is 1. The number of nitrogens with zero attached hydrogens (tertiary/aromatic N) is 1. The number of carbonyl (C=O) groups is 1. The molecule has 0 bridgehead atoms. The minimum absolute atomic E-state index is 0.0199. The molecular weight excluding hydrogens is 324 g/mol. The lowest BCUT2D eigenvalue weighted by atomic mass is 9.93. The van der Waals surface area contributed by atoms with E-state index in [-0.39, 0.29) is 23.3 Å². The van der Waals surface area contributed by atoms with E-state index in [1.165, 1.54) is 16.7 Å². The number of rotatable bonds is 4. The maximum absolute atomic E-state index is 12.7. The number of fused-ring (bicyclic) bond motifs is 1. The second-order valence-electron chi connectivity index (χ2n) is 8.01. The molecule has 4 nitrogen and oxygen atoms in total. The lowest BCUT2D eigenvalue weighted by Gasteiger charge is -2.34. The Bertz CT molecular complexity index is 820. The number of amides is 1. The van der Waals surface area contributed by atoms with Gasteiger partial charge in [0.15, 0.2) is 0 Å². The highest BCUT2D eigenvalue weighted by molar-refractivity contribution is 5.84. The molecule has 0 radical (unpaired) electrons. The zero-order chi connectivity index (χ0) is 18.3. The van der Waals surface area contributed by atoms with Crippen LogP contribution in [0.4, 0.5) is 0 Å². The minimum atomic E-state index is -0.0199. The third-order valence-electron chi connectivity index (χ3n) is 6.19. The third kappa shape index (κ3) is 3.10. The Morgan fingerprint density at radius 2 is 2.00 bits per heavy atom. The molecule has 3 atom stereocenters. The van der Waals surface area contributed by atoms with Gasteiger partial charge in [-0.3, -0.25) is 9.69 Å². The Balaban J connectivity index is 1.36. The molecule has 1 amide bonds. The summed E-state index contributed by atoms with van der Waals surface area (Å²) in [6.07, 6.45) is 1.82. The maximum Gasteiger partial charge on any atom is 0.224 e. The Hall–Kier alpha value is -2.33. The number of benzene rings is 2. The van der Waals surface area contributed by atoms with Gasteiger partial charge in [-0.15, -0.1) is 0 Å².